The van der Waals surface area contributed by atoms with Crippen LogP contribution in [0.15, 0.2) is 41.2 Å². The molecule has 2 N–H and O–H groups in total. The number of fused-ring (bicyclic) bond motifs is 2. The monoisotopic (exact) mass is 443 g/mol. The number of aromatic nitrogens is 2. The summed E-state index contributed by atoms with van der Waals surface area (Å²) in [6.45, 7) is 0.650. The lowest BCUT2D eigenvalue weighted by Gasteiger charge is -2.14. The van der Waals surface area contributed by atoms with Crippen molar-refractivity contribution in [3.8, 4) is 11.5 Å². The Morgan fingerprint density at radius 3 is 2.74 bits per heavy atom. The van der Waals surface area contributed by atoms with E-state index in [2.05, 4.69) is 10.3 Å². The minimum absolute atomic E-state index is 0.183. The highest BCUT2D eigenvalue weighted by Crippen LogP contribution is 2.32. The second-order valence-corrected chi connectivity index (χ2v) is 7.27. The molecule has 162 valence electrons. The van der Waals surface area contributed by atoms with Crippen molar-refractivity contribution in [2.24, 2.45) is 0 Å². The number of amides is 1. The van der Waals surface area contributed by atoms with Crippen molar-refractivity contribution in [2.75, 3.05) is 27.6 Å². The summed E-state index contributed by atoms with van der Waals surface area (Å²) in [5.74, 6) is 0.999. The van der Waals surface area contributed by atoms with Gasteiger partial charge in [-0.3, -0.25) is 14.2 Å². The van der Waals surface area contributed by atoms with E-state index >= 15 is 0 Å². The first-order valence-corrected chi connectivity index (χ1v) is 9.90. The molecular weight excluding hydrogens is 422 g/mol. The number of carbonyl (C=O) groups is 1. The van der Waals surface area contributed by atoms with E-state index in [0.717, 1.165) is 5.56 Å². The van der Waals surface area contributed by atoms with Crippen LogP contribution in [0.3, 0.4) is 0 Å². The van der Waals surface area contributed by atoms with Crippen molar-refractivity contribution < 1.29 is 23.7 Å². The third-order valence-electron chi connectivity index (χ3n) is 4.98. The standard InChI is InChI=1S/C21H21N3O6S/c1-27-18(28-2)9-22-19(25)13-4-5-14-15(8-13)23-21(31)24(20(14)26)10-12-3-6-16-17(7-12)30-11-29-16/h3-8,18H,9-11H2,1-2H3,(H,22,25)(H,23,31). The average molecular weight is 443 g/mol. The van der Waals surface area contributed by atoms with E-state index in [1.807, 2.05) is 12.1 Å². The lowest BCUT2D eigenvalue weighted by atomic mass is 10.1. The normalized spacial score (nSPS) is 12.5. The number of rotatable bonds is 7. The Labute approximate surface area is 182 Å². The maximum Gasteiger partial charge on any atom is 0.262 e. The zero-order valence-corrected chi connectivity index (χ0v) is 17.8. The first-order valence-electron chi connectivity index (χ1n) is 9.49. The van der Waals surface area contributed by atoms with Gasteiger partial charge in [-0.2, -0.15) is 0 Å². The van der Waals surface area contributed by atoms with E-state index in [1.54, 1.807) is 24.3 Å². The molecule has 1 aromatic heterocycles. The van der Waals surface area contributed by atoms with Crippen LogP contribution in [0, 0.1) is 4.77 Å². The number of nitrogens with zero attached hydrogens (tertiary/aromatic N) is 1. The second kappa shape index (κ2) is 8.88. The predicted octanol–water partition coefficient (Wildman–Crippen LogP) is 2.18. The van der Waals surface area contributed by atoms with E-state index in [0.29, 0.717) is 28.0 Å². The molecule has 3 aromatic rings. The molecule has 1 aliphatic rings. The van der Waals surface area contributed by atoms with Crippen molar-refractivity contribution in [1.29, 1.82) is 0 Å². The zero-order valence-electron chi connectivity index (χ0n) is 17.0. The van der Waals surface area contributed by atoms with Crippen molar-refractivity contribution >= 4 is 29.0 Å². The van der Waals surface area contributed by atoms with Crippen molar-refractivity contribution in [3.05, 3.63) is 62.6 Å². The topological polar surface area (TPSA) is 104 Å². The predicted molar refractivity (Wildman–Crippen MR) is 115 cm³/mol. The summed E-state index contributed by atoms with van der Waals surface area (Å²) < 4.78 is 22.6. The molecule has 1 aliphatic heterocycles. The summed E-state index contributed by atoms with van der Waals surface area (Å²) in [5.41, 5.74) is 1.48. The minimum Gasteiger partial charge on any atom is -0.454 e. The fourth-order valence-corrected chi connectivity index (χ4v) is 3.56. The van der Waals surface area contributed by atoms with Crippen LogP contribution in [0.4, 0.5) is 0 Å². The zero-order chi connectivity index (χ0) is 22.0. The van der Waals surface area contributed by atoms with Gasteiger partial charge in [0.05, 0.1) is 24.0 Å². The number of benzene rings is 2. The summed E-state index contributed by atoms with van der Waals surface area (Å²) >= 11 is 5.41. The maximum atomic E-state index is 13.0. The molecule has 0 aliphatic carbocycles. The van der Waals surface area contributed by atoms with Gasteiger partial charge in [-0.05, 0) is 48.1 Å². The number of aromatic amines is 1. The Morgan fingerprint density at radius 1 is 1.19 bits per heavy atom. The lowest BCUT2D eigenvalue weighted by Crippen LogP contribution is -2.34. The van der Waals surface area contributed by atoms with Crippen molar-refractivity contribution in [3.63, 3.8) is 0 Å². The van der Waals surface area contributed by atoms with Crippen LogP contribution in [0.5, 0.6) is 11.5 Å². The molecule has 0 atom stereocenters. The molecule has 31 heavy (non-hydrogen) atoms. The Morgan fingerprint density at radius 2 is 1.97 bits per heavy atom. The highest BCUT2D eigenvalue weighted by molar-refractivity contribution is 7.71. The molecule has 0 unspecified atom stereocenters. The third-order valence-corrected chi connectivity index (χ3v) is 5.30. The van der Waals surface area contributed by atoms with Gasteiger partial charge in [-0.1, -0.05) is 6.07 Å². The van der Waals surface area contributed by atoms with E-state index < -0.39 is 6.29 Å². The SMILES string of the molecule is COC(CNC(=O)c1ccc2c(=O)n(Cc3ccc4c(c3)OCO4)c(=S)[nH]c2c1)OC. The number of ether oxygens (including phenoxy) is 4. The van der Waals surface area contributed by atoms with E-state index in [9.17, 15) is 9.59 Å². The van der Waals surface area contributed by atoms with Crippen LogP contribution in [0.25, 0.3) is 10.9 Å². The van der Waals surface area contributed by atoms with Gasteiger partial charge in [0.1, 0.15) is 0 Å². The number of methoxy groups -OCH3 is 2. The summed E-state index contributed by atoms with van der Waals surface area (Å²) in [4.78, 5) is 28.5. The summed E-state index contributed by atoms with van der Waals surface area (Å²) in [6, 6.07) is 10.3. The fourth-order valence-electron chi connectivity index (χ4n) is 3.30. The van der Waals surface area contributed by atoms with Gasteiger partial charge < -0.3 is 29.2 Å². The third kappa shape index (κ3) is 4.31. The van der Waals surface area contributed by atoms with Gasteiger partial charge >= 0.3 is 0 Å². The van der Waals surface area contributed by atoms with Gasteiger partial charge in [-0.15, -0.1) is 0 Å². The first-order chi connectivity index (χ1) is 15.0. The molecule has 0 saturated heterocycles. The van der Waals surface area contributed by atoms with Gasteiger partial charge in [0.15, 0.2) is 22.6 Å². The molecule has 1 amide bonds. The van der Waals surface area contributed by atoms with E-state index in [4.69, 9.17) is 31.2 Å². The van der Waals surface area contributed by atoms with Crippen molar-refractivity contribution in [1.82, 2.24) is 14.9 Å². The van der Waals surface area contributed by atoms with Gasteiger partial charge in [0, 0.05) is 19.8 Å². The maximum absolute atomic E-state index is 13.0. The van der Waals surface area contributed by atoms with Crippen LogP contribution < -0.4 is 20.3 Å². The second-order valence-electron chi connectivity index (χ2n) is 6.88. The van der Waals surface area contributed by atoms with Gasteiger partial charge in [0.25, 0.3) is 11.5 Å². The molecule has 0 saturated carbocycles. The summed E-state index contributed by atoms with van der Waals surface area (Å²) in [6.07, 6.45) is -0.543. The average Bonchev–Trinajstić information content (AvgIpc) is 3.24. The van der Waals surface area contributed by atoms with Crippen LogP contribution in [0.2, 0.25) is 0 Å². The minimum atomic E-state index is -0.543. The summed E-state index contributed by atoms with van der Waals surface area (Å²) in [5, 5.41) is 3.15. The van der Waals surface area contributed by atoms with Crippen LogP contribution in [-0.2, 0) is 16.0 Å². The number of nitrogens with one attached hydrogen (secondary N) is 2. The Bertz CT molecular complexity index is 1250. The Kier molecular flexibility index (Phi) is 6.03. The van der Waals surface area contributed by atoms with Crippen LogP contribution in [0.1, 0.15) is 15.9 Å². The molecule has 10 heteroatoms. The number of carbonyl (C=O) groups excluding carboxylic acids is 1. The molecule has 2 aromatic carbocycles. The lowest BCUT2D eigenvalue weighted by molar-refractivity contribution is -0.0974. The fraction of sp³-hybridized carbons (Fsp3) is 0.286. The molecule has 2 heterocycles. The molecule has 0 radical (unpaired) electrons. The van der Waals surface area contributed by atoms with Crippen molar-refractivity contribution in [2.45, 2.75) is 12.8 Å². The first kappa shape index (κ1) is 21.0. The smallest absolute Gasteiger partial charge is 0.262 e. The highest BCUT2D eigenvalue weighted by atomic mass is 32.1. The van der Waals surface area contributed by atoms with E-state index in [1.165, 1.54) is 18.8 Å². The number of H-pyrrole nitrogens is 1. The molecule has 0 spiro atoms. The number of hydrogen-bond donors (Lipinski definition) is 2. The Hall–Kier alpha value is -3.21. The van der Waals surface area contributed by atoms with Gasteiger partial charge in [0.2, 0.25) is 6.79 Å². The quantitative estimate of drug-likeness (QED) is 0.426. The molecule has 9 nitrogen and oxygen atoms in total. The Balaban J connectivity index is 1.60. The highest BCUT2D eigenvalue weighted by Gasteiger charge is 2.15. The number of hydrogen-bond acceptors (Lipinski definition) is 7. The molecular formula is C21H21N3O6S. The van der Waals surface area contributed by atoms with Crippen LogP contribution in [-0.4, -0.2) is 49.3 Å². The molecule has 4 rings (SSSR count). The molecule has 0 fully saturated rings. The van der Waals surface area contributed by atoms with E-state index in [-0.39, 0.29) is 36.1 Å². The molecule has 0 bridgehead atoms. The van der Waals surface area contributed by atoms with Gasteiger partial charge in [-0.25, -0.2) is 0 Å². The van der Waals surface area contributed by atoms with Crippen LogP contribution >= 0.6 is 12.2 Å². The summed E-state index contributed by atoms with van der Waals surface area (Å²) in [7, 11) is 2.98. The largest absolute Gasteiger partial charge is 0.454 e.